The topological polar surface area (TPSA) is 67.4 Å². The molecule has 4 atom stereocenters. The van der Waals surface area contributed by atoms with Crippen LogP contribution < -0.4 is 15.4 Å². The summed E-state index contributed by atoms with van der Waals surface area (Å²) in [5.74, 6) is -1.92. The molecular formula is C17H19F3N2O3. The lowest BCUT2D eigenvalue weighted by atomic mass is 9.92. The van der Waals surface area contributed by atoms with Crippen LogP contribution in [0, 0.1) is 12.8 Å². The van der Waals surface area contributed by atoms with Crippen LogP contribution in [0.1, 0.15) is 36.9 Å². The zero-order chi connectivity index (χ0) is 18.4. The average molecular weight is 356 g/mol. The molecule has 2 aliphatic heterocycles. The van der Waals surface area contributed by atoms with Crippen LogP contribution in [0.3, 0.4) is 0 Å². The lowest BCUT2D eigenvalue weighted by Gasteiger charge is -2.30. The molecule has 136 valence electrons. The minimum Gasteiger partial charge on any atom is -0.488 e. The van der Waals surface area contributed by atoms with Crippen molar-refractivity contribution in [3.8, 4) is 5.75 Å². The second-order valence-corrected chi connectivity index (χ2v) is 6.58. The first-order valence-corrected chi connectivity index (χ1v) is 8.11. The van der Waals surface area contributed by atoms with Crippen molar-refractivity contribution in [1.29, 1.82) is 0 Å². The van der Waals surface area contributed by atoms with Crippen molar-refractivity contribution in [1.82, 2.24) is 10.6 Å². The SMILES string of the molecule is Cc1ccc2c(c1)OC(C)C2NC(=O)C1CCC(C(F)(F)F)NC1=O. The van der Waals surface area contributed by atoms with Gasteiger partial charge in [-0.2, -0.15) is 13.2 Å². The molecule has 5 nitrogen and oxygen atoms in total. The van der Waals surface area contributed by atoms with Crippen molar-refractivity contribution < 1.29 is 27.5 Å². The van der Waals surface area contributed by atoms with E-state index in [1.165, 1.54) is 0 Å². The Morgan fingerprint density at radius 3 is 2.68 bits per heavy atom. The van der Waals surface area contributed by atoms with E-state index in [0.29, 0.717) is 5.75 Å². The van der Waals surface area contributed by atoms with Crippen molar-refractivity contribution in [3.05, 3.63) is 29.3 Å². The van der Waals surface area contributed by atoms with Crippen LogP contribution in [0.2, 0.25) is 0 Å². The first kappa shape index (κ1) is 17.6. The van der Waals surface area contributed by atoms with E-state index in [2.05, 4.69) is 5.32 Å². The van der Waals surface area contributed by atoms with Gasteiger partial charge < -0.3 is 15.4 Å². The minimum absolute atomic E-state index is 0.134. The van der Waals surface area contributed by atoms with Crippen molar-refractivity contribution in [3.63, 3.8) is 0 Å². The standard InChI is InChI=1S/C17H19F3N2O3/c1-8-3-4-10-12(7-8)25-9(2)14(10)22-16(24)11-5-6-13(17(18,19)20)21-15(11)23/h3-4,7,9,11,13-14H,5-6H2,1-2H3,(H,21,23)(H,22,24). The fourth-order valence-corrected chi connectivity index (χ4v) is 3.28. The number of amides is 2. The van der Waals surface area contributed by atoms with Gasteiger partial charge in [0.25, 0.3) is 0 Å². The van der Waals surface area contributed by atoms with Gasteiger partial charge in [-0.05, 0) is 38.3 Å². The highest BCUT2D eigenvalue weighted by molar-refractivity contribution is 6.01. The summed E-state index contributed by atoms with van der Waals surface area (Å²) in [4.78, 5) is 24.4. The molecule has 2 heterocycles. The number of benzene rings is 1. The van der Waals surface area contributed by atoms with E-state index in [4.69, 9.17) is 4.74 Å². The van der Waals surface area contributed by atoms with Crippen molar-refractivity contribution in [2.75, 3.05) is 0 Å². The fraction of sp³-hybridized carbons (Fsp3) is 0.529. The monoisotopic (exact) mass is 356 g/mol. The van der Waals surface area contributed by atoms with Gasteiger partial charge in [0.15, 0.2) is 0 Å². The summed E-state index contributed by atoms with van der Waals surface area (Å²) < 4.78 is 43.8. The number of carbonyl (C=O) groups is 2. The zero-order valence-electron chi connectivity index (χ0n) is 13.8. The van der Waals surface area contributed by atoms with E-state index in [9.17, 15) is 22.8 Å². The molecule has 4 unspecified atom stereocenters. The molecule has 2 N–H and O–H groups in total. The first-order valence-electron chi connectivity index (χ1n) is 8.11. The first-order chi connectivity index (χ1) is 11.7. The van der Waals surface area contributed by atoms with E-state index in [1.807, 2.05) is 30.4 Å². The average Bonchev–Trinajstić information content (AvgIpc) is 2.81. The Kier molecular flexibility index (Phi) is 4.38. The zero-order valence-corrected chi connectivity index (χ0v) is 13.8. The Hall–Kier alpha value is -2.25. The highest BCUT2D eigenvalue weighted by atomic mass is 19.4. The number of nitrogens with one attached hydrogen (secondary N) is 2. The number of hydrogen-bond donors (Lipinski definition) is 2. The number of hydrogen-bond acceptors (Lipinski definition) is 3. The molecule has 0 saturated carbocycles. The molecule has 1 fully saturated rings. The summed E-state index contributed by atoms with van der Waals surface area (Å²) in [6.45, 7) is 3.71. The molecule has 2 amide bonds. The summed E-state index contributed by atoms with van der Waals surface area (Å²) in [7, 11) is 0. The molecule has 3 rings (SSSR count). The number of aryl methyl sites for hydroxylation is 1. The molecule has 1 aromatic carbocycles. The second-order valence-electron chi connectivity index (χ2n) is 6.58. The molecule has 0 spiro atoms. The molecule has 25 heavy (non-hydrogen) atoms. The molecule has 0 aliphatic carbocycles. The van der Waals surface area contributed by atoms with Gasteiger partial charge in [0.1, 0.15) is 23.8 Å². The van der Waals surface area contributed by atoms with Gasteiger partial charge in [-0.15, -0.1) is 0 Å². The summed E-state index contributed by atoms with van der Waals surface area (Å²) >= 11 is 0. The molecule has 0 bridgehead atoms. The number of ether oxygens (including phenoxy) is 1. The van der Waals surface area contributed by atoms with Crippen LogP contribution >= 0.6 is 0 Å². The van der Waals surface area contributed by atoms with Crippen LogP contribution in [0.25, 0.3) is 0 Å². The quantitative estimate of drug-likeness (QED) is 0.800. The highest BCUT2D eigenvalue weighted by Crippen LogP contribution is 2.37. The van der Waals surface area contributed by atoms with Gasteiger partial charge in [-0.25, -0.2) is 0 Å². The third-order valence-corrected chi connectivity index (χ3v) is 4.67. The number of halogens is 3. The Morgan fingerprint density at radius 2 is 2.04 bits per heavy atom. The largest absolute Gasteiger partial charge is 0.488 e. The number of fused-ring (bicyclic) bond motifs is 1. The molecule has 2 aliphatic rings. The Balaban J connectivity index is 1.69. The molecule has 0 radical (unpaired) electrons. The second kappa shape index (κ2) is 6.24. The van der Waals surface area contributed by atoms with Crippen LogP contribution in [0.15, 0.2) is 18.2 Å². The van der Waals surface area contributed by atoms with E-state index in [0.717, 1.165) is 11.1 Å². The van der Waals surface area contributed by atoms with E-state index in [-0.39, 0.29) is 18.9 Å². The maximum absolute atomic E-state index is 12.7. The molecule has 8 heteroatoms. The van der Waals surface area contributed by atoms with Crippen LogP contribution in [0.5, 0.6) is 5.75 Å². The van der Waals surface area contributed by atoms with Crippen molar-refractivity contribution in [2.24, 2.45) is 5.92 Å². The van der Waals surface area contributed by atoms with Gasteiger partial charge in [0.05, 0.1) is 6.04 Å². The Labute approximate surface area is 142 Å². The Morgan fingerprint density at radius 1 is 1.32 bits per heavy atom. The molecular weight excluding hydrogens is 337 g/mol. The Bertz CT molecular complexity index is 705. The maximum atomic E-state index is 12.7. The summed E-state index contributed by atoms with van der Waals surface area (Å²) in [5, 5.41) is 4.65. The predicted octanol–water partition coefficient (Wildman–Crippen LogP) is 2.39. The number of carbonyl (C=O) groups excluding carboxylic acids is 2. The van der Waals surface area contributed by atoms with Gasteiger partial charge in [0.2, 0.25) is 11.8 Å². The molecule has 0 aromatic heterocycles. The van der Waals surface area contributed by atoms with Gasteiger partial charge in [-0.1, -0.05) is 12.1 Å². The molecule has 1 saturated heterocycles. The lowest BCUT2D eigenvalue weighted by molar-refractivity contribution is -0.171. The summed E-state index contributed by atoms with van der Waals surface area (Å²) in [5.41, 5.74) is 1.82. The fourth-order valence-electron chi connectivity index (χ4n) is 3.28. The maximum Gasteiger partial charge on any atom is 0.408 e. The third-order valence-electron chi connectivity index (χ3n) is 4.67. The smallest absolute Gasteiger partial charge is 0.408 e. The lowest BCUT2D eigenvalue weighted by Crippen LogP contribution is -2.55. The third kappa shape index (κ3) is 3.43. The van der Waals surface area contributed by atoms with Gasteiger partial charge >= 0.3 is 6.18 Å². The normalized spacial score (nSPS) is 28.8. The van der Waals surface area contributed by atoms with Gasteiger partial charge in [-0.3, -0.25) is 9.59 Å². The van der Waals surface area contributed by atoms with E-state index < -0.39 is 36.0 Å². The highest BCUT2D eigenvalue weighted by Gasteiger charge is 2.46. The van der Waals surface area contributed by atoms with E-state index >= 15 is 0 Å². The van der Waals surface area contributed by atoms with Crippen LogP contribution in [-0.4, -0.2) is 30.1 Å². The van der Waals surface area contributed by atoms with E-state index in [1.54, 1.807) is 6.92 Å². The summed E-state index contributed by atoms with van der Waals surface area (Å²) in [6, 6.07) is 3.28. The number of piperidine rings is 1. The number of rotatable bonds is 2. The van der Waals surface area contributed by atoms with Crippen LogP contribution in [-0.2, 0) is 9.59 Å². The van der Waals surface area contributed by atoms with Crippen LogP contribution in [0.4, 0.5) is 13.2 Å². The minimum atomic E-state index is -4.50. The van der Waals surface area contributed by atoms with Gasteiger partial charge in [0, 0.05) is 5.56 Å². The van der Waals surface area contributed by atoms with Crippen molar-refractivity contribution in [2.45, 2.75) is 51.1 Å². The predicted molar refractivity (Wildman–Crippen MR) is 82.9 cm³/mol. The number of alkyl halides is 3. The summed E-state index contributed by atoms with van der Waals surface area (Å²) in [6.07, 6.45) is -5.26. The molecule has 1 aromatic rings. The van der Waals surface area contributed by atoms with Crippen molar-refractivity contribution >= 4 is 11.8 Å².